The van der Waals surface area contributed by atoms with Crippen molar-refractivity contribution in [2.45, 2.75) is 27.3 Å². The monoisotopic (exact) mass is 221 g/mol. The normalized spacial score (nSPS) is 9.44. The zero-order valence-electron chi connectivity index (χ0n) is 9.70. The van der Waals surface area contributed by atoms with E-state index in [1.165, 1.54) is 0 Å². The molecule has 5 nitrogen and oxygen atoms in total. The summed E-state index contributed by atoms with van der Waals surface area (Å²) in [4.78, 5) is 15.6. The Hall–Kier alpha value is -1.96. The molecule has 86 valence electrons. The first-order valence-corrected chi connectivity index (χ1v) is 5.01. The number of aryl methyl sites for hydroxylation is 1. The van der Waals surface area contributed by atoms with Crippen molar-refractivity contribution in [3.8, 4) is 11.8 Å². The first-order chi connectivity index (χ1) is 7.61. The lowest BCUT2D eigenvalue weighted by atomic mass is 10.4. The molecule has 1 rings (SSSR count). The van der Waals surface area contributed by atoms with E-state index in [0.29, 0.717) is 24.8 Å². The van der Waals surface area contributed by atoms with E-state index in [1.54, 1.807) is 25.3 Å². The van der Waals surface area contributed by atoms with Crippen LogP contribution in [0.5, 0.6) is 0 Å². The van der Waals surface area contributed by atoms with E-state index in [0.717, 1.165) is 0 Å². The van der Waals surface area contributed by atoms with Crippen molar-refractivity contribution in [1.82, 2.24) is 9.55 Å². The molecule has 16 heavy (non-hydrogen) atoms. The summed E-state index contributed by atoms with van der Waals surface area (Å²) in [5, 5.41) is 0. The first kappa shape index (κ1) is 12.1. The number of hydrogen-bond donors (Lipinski definition) is 1. The lowest BCUT2D eigenvalue weighted by Crippen LogP contribution is -2.10. The van der Waals surface area contributed by atoms with Gasteiger partial charge in [-0.25, -0.2) is 9.78 Å². The summed E-state index contributed by atoms with van der Waals surface area (Å²) in [5.74, 6) is 6.10. The van der Waals surface area contributed by atoms with E-state index in [1.807, 2.05) is 0 Å². The van der Waals surface area contributed by atoms with Gasteiger partial charge in [-0.3, -0.25) is 0 Å². The molecule has 0 radical (unpaired) electrons. The van der Waals surface area contributed by atoms with Crippen LogP contribution in [0.4, 0.5) is 5.82 Å². The number of nitrogens with zero attached hydrogens (tertiary/aromatic N) is 2. The minimum Gasteiger partial charge on any atom is -0.461 e. The van der Waals surface area contributed by atoms with Crippen molar-refractivity contribution in [2.75, 3.05) is 12.3 Å². The van der Waals surface area contributed by atoms with Crippen LogP contribution in [-0.4, -0.2) is 22.1 Å². The molecular formula is C11H15N3O2. The van der Waals surface area contributed by atoms with E-state index >= 15 is 0 Å². The SMILES string of the molecule is CC#CCn1c(C)nc(C(=O)OCC)c1N. The fraction of sp³-hybridized carbons (Fsp3) is 0.455. The van der Waals surface area contributed by atoms with Gasteiger partial charge in [-0.05, 0) is 20.8 Å². The summed E-state index contributed by atoms with van der Waals surface area (Å²) in [6.07, 6.45) is 0. The third kappa shape index (κ3) is 2.34. The van der Waals surface area contributed by atoms with Crippen LogP contribution in [0.25, 0.3) is 0 Å². The van der Waals surface area contributed by atoms with Crippen molar-refractivity contribution in [3.05, 3.63) is 11.5 Å². The highest BCUT2D eigenvalue weighted by Crippen LogP contribution is 2.14. The zero-order valence-corrected chi connectivity index (χ0v) is 9.70. The molecule has 1 heterocycles. The number of imidazole rings is 1. The maximum absolute atomic E-state index is 11.5. The van der Waals surface area contributed by atoms with Crippen molar-refractivity contribution in [2.24, 2.45) is 0 Å². The van der Waals surface area contributed by atoms with Gasteiger partial charge in [0.15, 0.2) is 5.69 Å². The molecule has 0 aromatic carbocycles. The van der Waals surface area contributed by atoms with E-state index in [2.05, 4.69) is 16.8 Å². The van der Waals surface area contributed by atoms with E-state index in [-0.39, 0.29) is 5.69 Å². The summed E-state index contributed by atoms with van der Waals surface area (Å²) >= 11 is 0. The second-order valence-corrected chi connectivity index (χ2v) is 3.13. The Labute approximate surface area is 94.6 Å². The zero-order chi connectivity index (χ0) is 12.1. The molecule has 1 aromatic heterocycles. The van der Waals surface area contributed by atoms with E-state index < -0.39 is 5.97 Å². The quantitative estimate of drug-likeness (QED) is 0.610. The van der Waals surface area contributed by atoms with Gasteiger partial charge in [0.1, 0.15) is 11.6 Å². The molecule has 0 aliphatic carbocycles. The standard InChI is InChI=1S/C11H15N3O2/c1-4-6-7-14-8(3)13-9(10(14)12)11(15)16-5-2/h5,7,12H2,1-3H3. The predicted octanol–water partition coefficient (Wildman–Crippen LogP) is 0.974. The van der Waals surface area contributed by atoms with Crippen LogP contribution in [-0.2, 0) is 11.3 Å². The average Bonchev–Trinajstić information content (AvgIpc) is 2.53. The summed E-state index contributed by atoms with van der Waals surface area (Å²) < 4.78 is 6.53. The molecule has 0 saturated heterocycles. The predicted molar refractivity (Wildman–Crippen MR) is 60.8 cm³/mol. The Morgan fingerprint density at radius 2 is 2.31 bits per heavy atom. The molecule has 0 aliphatic rings. The average molecular weight is 221 g/mol. The largest absolute Gasteiger partial charge is 0.461 e. The molecule has 0 atom stereocenters. The second kappa shape index (κ2) is 5.21. The molecule has 0 spiro atoms. The molecule has 0 aliphatic heterocycles. The number of rotatable bonds is 3. The van der Waals surface area contributed by atoms with E-state index in [4.69, 9.17) is 10.5 Å². The maximum atomic E-state index is 11.5. The minimum atomic E-state index is -0.494. The number of aromatic nitrogens is 2. The highest BCUT2D eigenvalue weighted by molar-refractivity contribution is 5.92. The Kier molecular flexibility index (Phi) is 3.95. The number of carbonyl (C=O) groups is 1. The highest BCUT2D eigenvalue weighted by Gasteiger charge is 2.18. The van der Waals surface area contributed by atoms with Crippen LogP contribution in [0.1, 0.15) is 30.2 Å². The lowest BCUT2D eigenvalue weighted by Gasteiger charge is -2.02. The number of hydrogen-bond acceptors (Lipinski definition) is 4. The van der Waals surface area contributed by atoms with E-state index in [9.17, 15) is 4.79 Å². The summed E-state index contributed by atoms with van der Waals surface area (Å²) in [6, 6.07) is 0. The van der Waals surface area contributed by atoms with Crippen molar-refractivity contribution in [1.29, 1.82) is 0 Å². The fourth-order valence-corrected chi connectivity index (χ4v) is 1.29. The molecule has 0 fully saturated rings. The third-order valence-corrected chi connectivity index (χ3v) is 2.08. The third-order valence-electron chi connectivity index (χ3n) is 2.08. The smallest absolute Gasteiger partial charge is 0.360 e. The van der Waals surface area contributed by atoms with Gasteiger partial charge in [-0.1, -0.05) is 5.92 Å². The van der Waals surface area contributed by atoms with Gasteiger partial charge in [0.2, 0.25) is 0 Å². The first-order valence-electron chi connectivity index (χ1n) is 5.01. The molecular weight excluding hydrogens is 206 g/mol. The van der Waals surface area contributed by atoms with Crippen molar-refractivity contribution >= 4 is 11.8 Å². The van der Waals surface area contributed by atoms with Crippen LogP contribution in [0, 0.1) is 18.8 Å². The Balaban J connectivity index is 3.04. The molecule has 2 N–H and O–H groups in total. The van der Waals surface area contributed by atoms with Crippen LogP contribution in [0.15, 0.2) is 0 Å². The topological polar surface area (TPSA) is 70.1 Å². The lowest BCUT2D eigenvalue weighted by molar-refractivity contribution is 0.0521. The molecule has 1 aromatic rings. The van der Waals surface area contributed by atoms with Gasteiger partial charge in [0.25, 0.3) is 0 Å². The Morgan fingerprint density at radius 1 is 1.62 bits per heavy atom. The molecule has 0 saturated carbocycles. The number of nitrogen functional groups attached to an aromatic ring is 1. The minimum absolute atomic E-state index is 0.164. The van der Waals surface area contributed by atoms with Gasteiger partial charge < -0.3 is 15.0 Å². The number of nitrogens with two attached hydrogens (primary N) is 1. The maximum Gasteiger partial charge on any atom is 0.360 e. The van der Waals surface area contributed by atoms with Gasteiger partial charge in [0.05, 0.1) is 13.2 Å². The van der Waals surface area contributed by atoms with Gasteiger partial charge in [-0.15, -0.1) is 5.92 Å². The number of carbonyl (C=O) groups excluding carboxylic acids is 1. The highest BCUT2D eigenvalue weighted by atomic mass is 16.5. The molecule has 5 heteroatoms. The number of esters is 1. The number of anilines is 1. The summed E-state index contributed by atoms with van der Waals surface area (Å²) in [6.45, 7) is 5.99. The summed E-state index contributed by atoms with van der Waals surface area (Å²) in [7, 11) is 0. The van der Waals surface area contributed by atoms with Gasteiger partial charge >= 0.3 is 5.97 Å². The van der Waals surface area contributed by atoms with Crippen LogP contribution < -0.4 is 5.73 Å². The Morgan fingerprint density at radius 3 is 2.88 bits per heavy atom. The molecule has 0 amide bonds. The Bertz CT molecular complexity index is 452. The second-order valence-electron chi connectivity index (χ2n) is 3.13. The van der Waals surface area contributed by atoms with Gasteiger partial charge in [-0.2, -0.15) is 0 Å². The fourth-order valence-electron chi connectivity index (χ4n) is 1.29. The molecule has 0 bridgehead atoms. The van der Waals surface area contributed by atoms with Crippen molar-refractivity contribution in [3.63, 3.8) is 0 Å². The van der Waals surface area contributed by atoms with Crippen LogP contribution in [0.2, 0.25) is 0 Å². The van der Waals surface area contributed by atoms with Gasteiger partial charge in [0, 0.05) is 0 Å². The summed E-state index contributed by atoms with van der Waals surface area (Å²) in [5.41, 5.74) is 5.97. The van der Waals surface area contributed by atoms with Crippen LogP contribution in [0.3, 0.4) is 0 Å². The molecule has 0 unspecified atom stereocenters. The number of ether oxygens (including phenoxy) is 1. The van der Waals surface area contributed by atoms with Crippen molar-refractivity contribution < 1.29 is 9.53 Å². The van der Waals surface area contributed by atoms with Crippen LogP contribution >= 0.6 is 0 Å².